The number of aliphatic hydroxyl groups is 1. The molecule has 0 spiro atoms. The molecule has 0 amide bonds. The third-order valence-corrected chi connectivity index (χ3v) is 3.83. The maximum Gasteiger partial charge on any atom is 0.0688 e. The number of benzene rings is 1. The molecule has 2 rings (SSSR count). The zero-order valence-corrected chi connectivity index (χ0v) is 11.3. The number of aliphatic hydroxyl groups excluding tert-OH is 1. The van der Waals surface area contributed by atoms with E-state index in [2.05, 4.69) is 56.9 Å². The fourth-order valence-corrected chi connectivity index (χ4v) is 3.13. The van der Waals surface area contributed by atoms with Crippen molar-refractivity contribution in [1.82, 2.24) is 4.90 Å². The molecule has 1 aromatic rings. The number of rotatable bonds is 1. The molecule has 1 fully saturated rings. The van der Waals surface area contributed by atoms with E-state index in [4.69, 9.17) is 0 Å². The van der Waals surface area contributed by atoms with Crippen LogP contribution >= 0.6 is 0 Å². The first-order valence-corrected chi connectivity index (χ1v) is 6.35. The number of hydrogen-bond acceptors (Lipinski definition) is 2. The van der Waals surface area contributed by atoms with E-state index in [-0.39, 0.29) is 17.2 Å². The summed E-state index contributed by atoms with van der Waals surface area (Å²) in [6, 6.07) is 10.5. The van der Waals surface area contributed by atoms with Crippen molar-refractivity contribution < 1.29 is 5.11 Å². The van der Waals surface area contributed by atoms with Gasteiger partial charge in [-0.05, 0) is 39.7 Å². The molecule has 0 radical (unpaired) electrons. The minimum Gasteiger partial charge on any atom is -0.392 e. The SMILES string of the molecule is CC(C)(C)N1CC(O)CC1(C)c1ccccc1. The van der Waals surface area contributed by atoms with Crippen LogP contribution < -0.4 is 0 Å². The zero-order chi connectivity index (χ0) is 12.7. The molecule has 1 aliphatic rings. The molecule has 1 aliphatic heterocycles. The van der Waals surface area contributed by atoms with Crippen LogP contribution in [-0.2, 0) is 5.54 Å². The van der Waals surface area contributed by atoms with Crippen LogP contribution in [-0.4, -0.2) is 28.2 Å². The lowest BCUT2D eigenvalue weighted by Crippen LogP contribution is -2.50. The van der Waals surface area contributed by atoms with Crippen LogP contribution in [0.15, 0.2) is 30.3 Å². The van der Waals surface area contributed by atoms with Crippen LogP contribution in [0.4, 0.5) is 0 Å². The van der Waals surface area contributed by atoms with Gasteiger partial charge in [-0.3, -0.25) is 4.90 Å². The Morgan fingerprint density at radius 1 is 1.24 bits per heavy atom. The summed E-state index contributed by atoms with van der Waals surface area (Å²) in [6.07, 6.45) is 0.591. The van der Waals surface area contributed by atoms with Crippen molar-refractivity contribution in [2.24, 2.45) is 0 Å². The zero-order valence-electron chi connectivity index (χ0n) is 11.3. The third-order valence-electron chi connectivity index (χ3n) is 3.83. The molecule has 1 heterocycles. The molecule has 0 bridgehead atoms. The average molecular weight is 233 g/mol. The monoisotopic (exact) mass is 233 g/mol. The number of hydrogen-bond donors (Lipinski definition) is 1. The highest BCUT2D eigenvalue weighted by Crippen LogP contribution is 2.42. The first-order valence-electron chi connectivity index (χ1n) is 6.35. The molecule has 2 heteroatoms. The van der Waals surface area contributed by atoms with E-state index >= 15 is 0 Å². The summed E-state index contributed by atoms with van der Waals surface area (Å²) in [6.45, 7) is 9.64. The average Bonchev–Trinajstić information content (AvgIpc) is 2.56. The molecule has 0 aliphatic carbocycles. The van der Waals surface area contributed by atoms with Gasteiger partial charge in [0.05, 0.1) is 6.10 Å². The van der Waals surface area contributed by atoms with Crippen LogP contribution in [0.1, 0.15) is 39.7 Å². The standard InChI is InChI=1S/C15H23NO/c1-14(2,3)16-11-13(17)10-15(16,4)12-8-6-5-7-9-12/h5-9,13,17H,10-11H2,1-4H3. The van der Waals surface area contributed by atoms with E-state index in [1.54, 1.807) is 0 Å². The Hall–Kier alpha value is -0.860. The van der Waals surface area contributed by atoms with E-state index in [9.17, 15) is 5.11 Å². The second kappa shape index (κ2) is 4.11. The number of nitrogens with zero attached hydrogens (tertiary/aromatic N) is 1. The van der Waals surface area contributed by atoms with Crippen LogP contribution in [0.25, 0.3) is 0 Å². The Bertz CT molecular complexity index is 382. The predicted molar refractivity (Wildman–Crippen MR) is 70.9 cm³/mol. The molecule has 94 valence electrons. The van der Waals surface area contributed by atoms with Gasteiger partial charge in [0.15, 0.2) is 0 Å². The molecule has 1 aromatic carbocycles. The lowest BCUT2D eigenvalue weighted by Gasteiger charge is -2.44. The highest BCUT2D eigenvalue weighted by atomic mass is 16.3. The maximum atomic E-state index is 10.0. The van der Waals surface area contributed by atoms with E-state index in [1.807, 2.05) is 6.07 Å². The highest BCUT2D eigenvalue weighted by Gasteiger charge is 2.46. The maximum absolute atomic E-state index is 10.0. The van der Waals surface area contributed by atoms with Crippen molar-refractivity contribution >= 4 is 0 Å². The first-order chi connectivity index (χ1) is 7.84. The van der Waals surface area contributed by atoms with Gasteiger partial charge in [-0.25, -0.2) is 0 Å². The van der Waals surface area contributed by atoms with Gasteiger partial charge in [0.25, 0.3) is 0 Å². The van der Waals surface area contributed by atoms with E-state index in [1.165, 1.54) is 5.56 Å². The molecule has 2 atom stereocenters. The largest absolute Gasteiger partial charge is 0.392 e. The van der Waals surface area contributed by atoms with E-state index in [0.29, 0.717) is 0 Å². The summed E-state index contributed by atoms with van der Waals surface area (Å²) < 4.78 is 0. The van der Waals surface area contributed by atoms with Gasteiger partial charge in [-0.15, -0.1) is 0 Å². The highest BCUT2D eigenvalue weighted by molar-refractivity contribution is 5.26. The molecule has 2 unspecified atom stereocenters. The normalized spacial score (nSPS) is 30.8. The fraction of sp³-hybridized carbons (Fsp3) is 0.600. The Morgan fingerprint density at radius 2 is 1.82 bits per heavy atom. The Kier molecular flexibility index (Phi) is 3.04. The number of likely N-dealkylation sites (tertiary alicyclic amines) is 1. The molecular weight excluding hydrogens is 210 g/mol. The van der Waals surface area contributed by atoms with Gasteiger partial charge >= 0.3 is 0 Å². The minimum absolute atomic E-state index is 0.0566. The second-order valence-electron chi connectivity index (χ2n) is 6.28. The summed E-state index contributed by atoms with van der Waals surface area (Å²) in [5.41, 5.74) is 1.31. The van der Waals surface area contributed by atoms with Crippen molar-refractivity contribution in [3.8, 4) is 0 Å². The summed E-state index contributed by atoms with van der Waals surface area (Å²) >= 11 is 0. The van der Waals surface area contributed by atoms with E-state index < -0.39 is 0 Å². The molecule has 0 aromatic heterocycles. The van der Waals surface area contributed by atoms with Gasteiger partial charge in [-0.2, -0.15) is 0 Å². The fourth-order valence-electron chi connectivity index (χ4n) is 3.13. The Morgan fingerprint density at radius 3 is 2.35 bits per heavy atom. The predicted octanol–water partition coefficient (Wildman–Crippen LogP) is 2.77. The Balaban J connectivity index is 2.41. The lowest BCUT2D eigenvalue weighted by atomic mass is 9.86. The van der Waals surface area contributed by atoms with Crippen LogP contribution in [0, 0.1) is 0 Å². The summed E-state index contributed by atoms with van der Waals surface area (Å²) in [7, 11) is 0. The smallest absolute Gasteiger partial charge is 0.0688 e. The van der Waals surface area contributed by atoms with Crippen molar-refractivity contribution in [2.75, 3.05) is 6.54 Å². The topological polar surface area (TPSA) is 23.5 Å². The van der Waals surface area contributed by atoms with Crippen molar-refractivity contribution in [1.29, 1.82) is 0 Å². The van der Waals surface area contributed by atoms with E-state index in [0.717, 1.165) is 13.0 Å². The van der Waals surface area contributed by atoms with Crippen LogP contribution in [0.3, 0.4) is 0 Å². The summed E-state index contributed by atoms with van der Waals surface area (Å²) in [5.74, 6) is 0. The van der Waals surface area contributed by atoms with Gasteiger partial charge in [0, 0.05) is 17.6 Å². The molecule has 2 nitrogen and oxygen atoms in total. The molecular formula is C15H23NO. The second-order valence-corrected chi connectivity index (χ2v) is 6.28. The van der Waals surface area contributed by atoms with Gasteiger partial charge in [0.2, 0.25) is 0 Å². The molecule has 1 saturated heterocycles. The quantitative estimate of drug-likeness (QED) is 0.806. The third kappa shape index (κ3) is 2.24. The van der Waals surface area contributed by atoms with Crippen molar-refractivity contribution in [3.05, 3.63) is 35.9 Å². The summed E-state index contributed by atoms with van der Waals surface area (Å²) in [5, 5.41) is 10.0. The first kappa shape index (κ1) is 12.6. The lowest BCUT2D eigenvalue weighted by molar-refractivity contribution is 0.0504. The minimum atomic E-state index is -0.223. The summed E-state index contributed by atoms with van der Waals surface area (Å²) in [4.78, 5) is 2.42. The Labute approximate surface area is 104 Å². The van der Waals surface area contributed by atoms with Crippen LogP contribution in [0.2, 0.25) is 0 Å². The van der Waals surface area contributed by atoms with Crippen molar-refractivity contribution in [3.63, 3.8) is 0 Å². The van der Waals surface area contributed by atoms with Crippen LogP contribution in [0.5, 0.6) is 0 Å². The van der Waals surface area contributed by atoms with Crippen molar-refractivity contribution in [2.45, 2.75) is 51.3 Å². The van der Waals surface area contributed by atoms with Gasteiger partial charge in [0.1, 0.15) is 0 Å². The van der Waals surface area contributed by atoms with Gasteiger partial charge < -0.3 is 5.11 Å². The number of β-amino-alcohol motifs (C(OH)–C–C–N with tert-alkyl or cyclic N) is 1. The molecule has 0 saturated carbocycles. The molecule has 17 heavy (non-hydrogen) atoms. The van der Waals surface area contributed by atoms with Gasteiger partial charge in [-0.1, -0.05) is 30.3 Å². The molecule has 1 N–H and O–H groups in total.